The molecule has 1 rings (SSSR count). The summed E-state index contributed by atoms with van der Waals surface area (Å²) in [6.07, 6.45) is 0. The summed E-state index contributed by atoms with van der Waals surface area (Å²) in [6, 6.07) is 4.57. The normalized spacial score (nSPS) is 11.8. The Morgan fingerprint density at radius 1 is 1.00 bits per heavy atom. The first-order valence-corrected chi connectivity index (χ1v) is 5.57. The van der Waals surface area contributed by atoms with Crippen molar-refractivity contribution in [3.8, 4) is 0 Å². The van der Waals surface area contributed by atoms with E-state index in [-0.39, 0.29) is 5.41 Å². The summed E-state index contributed by atoms with van der Waals surface area (Å²) in [5, 5.41) is 0. The number of aryl methyl sites for hydroxylation is 2. The minimum absolute atomic E-state index is 0.251. The van der Waals surface area contributed by atoms with Crippen molar-refractivity contribution >= 4 is 20.5 Å². The van der Waals surface area contributed by atoms with Crippen LogP contribution in [-0.2, 0) is 5.41 Å². The van der Waals surface area contributed by atoms with E-state index in [2.05, 4.69) is 62.8 Å². The van der Waals surface area contributed by atoms with Gasteiger partial charge in [0.05, 0.1) is 0 Å². The molecule has 0 bridgehead atoms. The first-order chi connectivity index (χ1) is 5.82. The quantitative estimate of drug-likeness (QED) is 0.610. The Morgan fingerprint density at radius 2 is 1.46 bits per heavy atom. The Labute approximate surface area is 89.6 Å². The van der Waals surface area contributed by atoms with Gasteiger partial charge in [-0.25, -0.2) is 0 Å². The van der Waals surface area contributed by atoms with Gasteiger partial charge in [-0.3, -0.25) is 0 Å². The maximum atomic E-state index is 2.67. The topological polar surface area (TPSA) is 0 Å². The van der Waals surface area contributed by atoms with Gasteiger partial charge in [0.25, 0.3) is 0 Å². The van der Waals surface area contributed by atoms with Gasteiger partial charge in [0.1, 0.15) is 0 Å². The SMILES string of the molecule is Cc1cc([SeH])c(C(C)(C)C)cc1C. The van der Waals surface area contributed by atoms with Gasteiger partial charge in [-0.05, 0) is 0 Å². The predicted molar refractivity (Wildman–Crippen MR) is 61.4 cm³/mol. The van der Waals surface area contributed by atoms with Crippen molar-refractivity contribution in [1.82, 2.24) is 0 Å². The van der Waals surface area contributed by atoms with Crippen LogP contribution in [0.25, 0.3) is 0 Å². The average molecular weight is 241 g/mol. The standard InChI is InChI=1S/C12H18Se/c1-8-6-10(12(3,4)5)11(13)7-9(8)2/h6-7,13H,1-5H3. The zero-order valence-electron chi connectivity index (χ0n) is 9.10. The van der Waals surface area contributed by atoms with Crippen LogP contribution >= 0.6 is 0 Å². The van der Waals surface area contributed by atoms with Crippen LogP contribution in [0.3, 0.4) is 0 Å². The second-order valence-corrected chi connectivity index (χ2v) is 5.71. The Kier molecular flexibility index (Phi) is 2.89. The summed E-state index contributed by atoms with van der Waals surface area (Å²) in [6.45, 7) is 11.1. The molecule has 0 aliphatic carbocycles. The van der Waals surface area contributed by atoms with Crippen LogP contribution in [0.5, 0.6) is 0 Å². The molecule has 13 heavy (non-hydrogen) atoms. The number of hydrogen-bond donors (Lipinski definition) is 0. The van der Waals surface area contributed by atoms with E-state index in [4.69, 9.17) is 0 Å². The second kappa shape index (κ2) is 3.47. The molecule has 1 aromatic rings. The maximum absolute atomic E-state index is 2.67. The van der Waals surface area contributed by atoms with Gasteiger partial charge in [-0.2, -0.15) is 0 Å². The van der Waals surface area contributed by atoms with E-state index in [1.807, 2.05) is 0 Å². The van der Waals surface area contributed by atoms with Gasteiger partial charge in [0.15, 0.2) is 0 Å². The first kappa shape index (κ1) is 10.8. The predicted octanol–water partition coefficient (Wildman–Crippen LogP) is 2.13. The Hall–Kier alpha value is -0.261. The summed E-state index contributed by atoms with van der Waals surface area (Å²) >= 11 is 2.67. The van der Waals surface area contributed by atoms with Crippen molar-refractivity contribution in [2.45, 2.75) is 40.0 Å². The summed E-state index contributed by atoms with van der Waals surface area (Å²) in [4.78, 5) is 0. The van der Waals surface area contributed by atoms with E-state index in [1.54, 1.807) is 0 Å². The molecule has 0 nitrogen and oxygen atoms in total. The molecule has 0 spiro atoms. The minimum atomic E-state index is 0.251. The van der Waals surface area contributed by atoms with E-state index in [0.29, 0.717) is 0 Å². The molecule has 0 atom stereocenters. The van der Waals surface area contributed by atoms with E-state index in [9.17, 15) is 0 Å². The fourth-order valence-corrected chi connectivity index (χ4v) is 2.65. The molecule has 0 heterocycles. The van der Waals surface area contributed by atoms with Crippen molar-refractivity contribution in [3.05, 3.63) is 28.8 Å². The van der Waals surface area contributed by atoms with Gasteiger partial charge in [0.2, 0.25) is 0 Å². The molecule has 0 unspecified atom stereocenters. The van der Waals surface area contributed by atoms with E-state index >= 15 is 0 Å². The molecular formula is C12H18Se. The summed E-state index contributed by atoms with van der Waals surface area (Å²) in [5.41, 5.74) is 4.46. The Morgan fingerprint density at radius 3 is 1.92 bits per heavy atom. The zero-order chi connectivity index (χ0) is 10.2. The molecule has 0 fully saturated rings. The third-order valence-electron chi connectivity index (χ3n) is 2.42. The van der Waals surface area contributed by atoms with E-state index in [1.165, 1.54) is 21.2 Å². The van der Waals surface area contributed by atoms with Crippen molar-refractivity contribution in [1.29, 1.82) is 0 Å². The molecule has 0 saturated heterocycles. The number of rotatable bonds is 0. The van der Waals surface area contributed by atoms with Crippen molar-refractivity contribution < 1.29 is 0 Å². The van der Waals surface area contributed by atoms with Gasteiger partial charge >= 0.3 is 89.3 Å². The van der Waals surface area contributed by atoms with Crippen molar-refractivity contribution in [2.75, 3.05) is 0 Å². The Balaban J connectivity index is 3.32. The van der Waals surface area contributed by atoms with Crippen LogP contribution in [0.2, 0.25) is 0 Å². The fourth-order valence-electron chi connectivity index (χ4n) is 1.40. The molecule has 0 saturated carbocycles. The molecule has 0 N–H and O–H groups in total. The van der Waals surface area contributed by atoms with E-state index in [0.717, 1.165) is 0 Å². The Bertz CT molecular complexity index is 319. The van der Waals surface area contributed by atoms with Crippen molar-refractivity contribution in [2.24, 2.45) is 0 Å². The van der Waals surface area contributed by atoms with Crippen LogP contribution < -0.4 is 4.46 Å². The van der Waals surface area contributed by atoms with Gasteiger partial charge in [-0.15, -0.1) is 0 Å². The molecular weight excluding hydrogens is 223 g/mol. The van der Waals surface area contributed by atoms with Crippen LogP contribution in [0.1, 0.15) is 37.5 Å². The van der Waals surface area contributed by atoms with Gasteiger partial charge in [0, 0.05) is 0 Å². The summed E-state index contributed by atoms with van der Waals surface area (Å²) in [7, 11) is 0. The zero-order valence-corrected chi connectivity index (χ0v) is 11.0. The molecule has 1 aromatic carbocycles. The van der Waals surface area contributed by atoms with Crippen LogP contribution in [0.15, 0.2) is 12.1 Å². The molecule has 0 aromatic heterocycles. The summed E-state index contributed by atoms with van der Waals surface area (Å²) in [5.74, 6) is 0. The molecule has 1 heteroatoms. The monoisotopic (exact) mass is 242 g/mol. The van der Waals surface area contributed by atoms with Gasteiger partial charge in [-0.1, -0.05) is 0 Å². The van der Waals surface area contributed by atoms with Gasteiger partial charge < -0.3 is 0 Å². The molecule has 0 aliphatic heterocycles. The molecule has 0 aliphatic rings. The third kappa shape index (κ3) is 2.36. The fraction of sp³-hybridized carbons (Fsp3) is 0.500. The molecule has 0 radical (unpaired) electrons. The molecule has 72 valence electrons. The summed E-state index contributed by atoms with van der Waals surface area (Å²) < 4.78 is 1.35. The first-order valence-electron chi connectivity index (χ1n) is 4.63. The average Bonchev–Trinajstić information content (AvgIpc) is 1.94. The van der Waals surface area contributed by atoms with Crippen LogP contribution in [0, 0.1) is 13.8 Å². The van der Waals surface area contributed by atoms with Crippen molar-refractivity contribution in [3.63, 3.8) is 0 Å². The third-order valence-corrected chi connectivity index (χ3v) is 3.20. The van der Waals surface area contributed by atoms with Crippen LogP contribution in [-0.4, -0.2) is 16.0 Å². The van der Waals surface area contributed by atoms with E-state index < -0.39 is 0 Å². The number of benzene rings is 1. The second-order valence-electron chi connectivity index (χ2n) is 4.70. The number of hydrogen-bond acceptors (Lipinski definition) is 0. The van der Waals surface area contributed by atoms with Crippen LogP contribution in [0.4, 0.5) is 0 Å². The molecule has 0 amide bonds.